The Hall–Kier alpha value is -3.71. The fourth-order valence-electron chi connectivity index (χ4n) is 4.53. The number of pyridine rings is 1. The number of nitrogens with one attached hydrogen (secondary N) is 1. The topological polar surface area (TPSA) is 62.1 Å². The van der Waals surface area contributed by atoms with E-state index in [2.05, 4.69) is 70.3 Å². The lowest BCUT2D eigenvalue weighted by Gasteiger charge is -2.37. The Morgan fingerprint density at radius 3 is 2.08 bits per heavy atom. The number of rotatable bonds is 7. The van der Waals surface area contributed by atoms with Crippen molar-refractivity contribution >= 4 is 35.0 Å². The number of nitrogens with zero attached hydrogens (tertiary/aromatic N) is 4. The number of carbonyl (C=O) groups is 1. The molecule has 1 aliphatic heterocycles. The molecule has 194 valence electrons. The van der Waals surface area contributed by atoms with Gasteiger partial charge in [0.15, 0.2) is 5.65 Å². The van der Waals surface area contributed by atoms with E-state index in [4.69, 9.17) is 16.3 Å². The summed E-state index contributed by atoms with van der Waals surface area (Å²) in [5.74, 6) is 0.890. The van der Waals surface area contributed by atoms with Crippen LogP contribution in [0.1, 0.15) is 23.9 Å². The largest absolute Gasteiger partial charge is 0.497 e. The van der Waals surface area contributed by atoms with Gasteiger partial charge >= 0.3 is 0 Å². The number of carbonyl (C=O) groups excluding carboxylic acids is 1. The molecule has 5 rings (SSSR count). The van der Waals surface area contributed by atoms with Crippen molar-refractivity contribution in [2.24, 2.45) is 0 Å². The smallest absolute Gasteiger partial charge is 0.207 e. The van der Waals surface area contributed by atoms with Crippen LogP contribution < -0.4 is 19.9 Å². The van der Waals surface area contributed by atoms with Crippen LogP contribution in [-0.2, 0) is 17.8 Å². The van der Waals surface area contributed by atoms with Crippen LogP contribution in [0.5, 0.6) is 5.75 Å². The number of hydrogen-bond donors (Lipinski definition) is 1. The molecule has 0 saturated carbocycles. The van der Waals surface area contributed by atoms with Gasteiger partial charge in [-0.05, 0) is 67.4 Å². The molecule has 7 nitrogen and oxygen atoms in total. The molecule has 1 aliphatic rings. The number of piperazine rings is 1. The first-order valence-electron chi connectivity index (χ1n) is 12.6. The number of ether oxygens (including phenoxy) is 1. The summed E-state index contributed by atoms with van der Waals surface area (Å²) in [5.41, 5.74) is 6.75. The lowest BCUT2D eigenvalue weighted by atomic mass is 10.1. The minimum atomic E-state index is 0.578. The molecule has 1 amide bonds. The number of benzene rings is 2. The molecule has 1 saturated heterocycles. The van der Waals surface area contributed by atoms with Gasteiger partial charge in [-0.1, -0.05) is 30.7 Å². The first-order valence-corrected chi connectivity index (χ1v) is 12.9. The first-order chi connectivity index (χ1) is 18.0. The molecule has 3 heterocycles. The second-order valence-corrected chi connectivity index (χ2v) is 9.29. The maximum Gasteiger partial charge on any atom is 0.207 e. The zero-order chi connectivity index (χ0) is 26.2. The van der Waals surface area contributed by atoms with Gasteiger partial charge in [-0.25, -0.2) is 4.98 Å². The summed E-state index contributed by atoms with van der Waals surface area (Å²) in [5, 5.41) is 3.40. The van der Waals surface area contributed by atoms with Crippen LogP contribution >= 0.6 is 11.6 Å². The number of amides is 1. The zero-order valence-electron chi connectivity index (χ0n) is 21.7. The van der Waals surface area contributed by atoms with E-state index >= 15 is 0 Å². The van der Waals surface area contributed by atoms with Gasteiger partial charge in [0.2, 0.25) is 6.41 Å². The standard InChI is InChI=1S/C19H23N3O2.C10H11ClN2/c1-24-19-8-6-18(7-9-19)22-12-10-21(11-13-22)17-4-2-16(3-5-17)14-20-15-23;1-3-9-7(2)13-6-4-5-8(11)10(13)12-9/h2-9,15H,10-14H2,1H3,(H,20,23);4-6H,3H2,1-2H3. The molecule has 0 aliphatic carbocycles. The molecule has 2 aromatic heterocycles. The number of anilines is 2. The molecule has 0 spiro atoms. The molecule has 0 radical (unpaired) electrons. The van der Waals surface area contributed by atoms with E-state index in [1.807, 2.05) is 34.9 Å². The molecule has 1 N–H and O–H groups in total. The highest BCUT2D eigenvalue weighted by atomic mass is 35.5. The molecule has 2 aromatic carbocycles. The van der Waals surface area contributed by atoms with Crippen LogP contribution in [0.25, 0.3) is 5.65 Å². The van der Waals surface area contributed by atoms with Crippen molar-refractivity contribution in [3.63, 3.8) is 0 Å². The number of aryl methyl sites for hydroxylation is 2. The number of imidazole rings is 1. The fraction of sp³-hybridized carbons (Fsp3) is 0.310. The highest BCUT2D eigenvalue weighted by Gasteiger charge is 2.17. The monoisotopic (exact) mass is 519 g/mol. The van der Waals surface area contributed by atoms with Crippen LogP contribution in [0, 0.1) is 6.92 Å². The van der Waals surface area contributed by atoms with E-state index < -0.39 is 0 Å². The van der Waals surface area contributed by atoms with Gasteiger partial charge in [0.25, 0.3) is 0 Å². The van der Waals surface area contributed by atoms with Gasteiger partial charge < -0.3 is 24.3 Å². The summed E-state index contributed by atoms with van der Waals surface area (Å²) in [6.07, 6.45) is 3.67. The summed E-state index contributed by atoms with van der Waals surface area (Å²) in [6.45, 7) is 8.74. The van der Waals surface area contributed by atoms with Gasteiger partial charge in [0, 0.05) is 56.0 Å². The second kappa shape index (κ2) is 12.5. The average Bonchev–Trinajstić information content (AvgIpc) is 3.29. The van der Waals surface area contributed by atoms with Gasteiger partial charge in [-0.3, -0.25) is 4.79 Å². The van der Waals surface area contributed by atoms with E-state index in [-0.39, 0.29) is 0 Å². The molecule has 1 fully saturated rings. The van der Waals surface area contributed by atoms with Gasteiger partial charge in [0.1, 0.15) is 5.75 Å². The van der Waals surface area contributed by atoms with Crippen LogP contribution in [-0.4, -0.2) is 49.1 Å². The molecule has 37 heavy (non-hydrogen) atoms. The van der Waals surface area contributed by atoms with E-state index in [1.54, 1.807) is 7.11 Å². The molecule has 0 atom stereocenters. The van der Waals surface area contributed by atoms with Crippen molar-refractivity contribution in [1.82, 2.24) is 14.7 Å². The molecule has 0 unspecified atom stereocenters. The Bertz CT molecular complexity index is 1300. The molecule has 4 aromatic rings. The highest BCUT2D eigenvalue weighted by Crippen LogP contribution is 2.23. The molecular formula is C29H34ClN5O2. The Labute approximate surface area is 223 Å². The minimum Gasteiger partial charge on any atom is -0.497 e. The highest BCUT2D eigenvalue weighted by molar-refractivity contribution is 6.33. The summed E-state index contributed by atoms with van der Waals surface area (Å²) >= 11 is 6.02. The second-order valence-electron chi connectivity index (χ2n) is 8.88. The van der Waals surface area contributed by atoms with Crippen LogP contribution in [0.15, 0.2) is 66.9 Å². The van der Waals surface area contributed by atoms with E-state index in [0.717, 1.165) is 61.7 Å². The average molecular weight is 520 g/mol. The van der Waals surface area contributed by atoms with Crippen LogP contribution in [0.2, 0.25) is 5.02 Å². The number of fused-ring (bicyclic) bond motifs is 1. The van der Waals surface area contributed by atoms with Gasteiger partial charge in [-0.15, -0.1) is 0 Å². The van der Waals surface area contributed by atoms with E-state index in [9.17, 15) is 4.79 Å². The SMILES string of the molecule is CCc1nc2c(Cl)cccn2c1C.COc1ccc(N2CCN(c3ccc(CNC=O)cc3)CC2)cc1. The van der Waals surface area contributed by atoms with E-state index in [1.165, 1.54) is 17.1 Å². The maximum atomic E-state index is 10.3. The van der Waals surface area contributed by atoms with E-state index in [0.29, 0.717) is 11.6 Å². The molecule has 8 heteroatoms. The summed E-state index contributed by atoms with van der Waals surface area (Å²) in [6, 6.07) is 20.4. The normalized spacial score (nSPS) is 13.2. The lowest BCUT2D eigenvalue weighted by molar-refractivity contribution is -0.109. The third kappa shape index (κ3) is 6.35. The quantitative estimate of drug-likeness (QED) is 0.343. The maximum absolute atomic E-state index is 10.3. The van der Waals surface area contributed by atoms with Crippen LogP contribution in [0.4, 0.5) is 11.4 Å². The third-order valence-corrected chi connectivity index (χ3v) is 6.98. The van der Waals surface area contributed by atoms with Crippen molar-refractivity contribution in [2.45, 2.75) is 26.8 Å². The van der Waals surface area contributed by atoms with Crippen molar-refractivity contribution < 1.29 is 9.53 Å². The predicted molar refractivity (Wildman–Crippen MR) is 151 cm³/mol. The fourth-order valence-corrected chi connectivity index (χ4v) is 4.74. The van der Waals surface area contributed by atoms with Crippen LogP contribution in [0.3, 0.4) is 0 Å². The number of methoxy groups -OCH3 is 1. The molecule has 0 bridgehead atoms. The van der Waals surface area contributed by atoms with Crippen molar-refractivity contribution in [3.8, 4) is 5.75 Å². The molecular weight excluding hydrogens is 486 g/mol. The minimum absolute atomic E-state index is 0.578. The van der Waals surface area contributed by atoms with Gasteiger partial charge in [-0.2, -0.15) is 0 Å². The Morgan fingerprint density at radius 1 is 0.973 bits per heavy atom. The van der Waals surface area contributed by atoms with Crippen molar-refractivity contribution in [2.75, 3.05) is 43.1 Å². The third-order valence-electron chi connectivity index (χ3n) is 6.68. The first kappa shape index (κ1) is 26.4. The number of aromatic nitrogens is 2. The lowest BCUT2D eigenvalue weighted by Crippen LogP contribution is -2.46. The number of halogens is 1. The Kier molecular flexibility index (Phi) is 8.90. The summed E-state index contributed by atoms with van der Waals surface area (Å²) in [7, 11) is 1.69. The van der Waals surface area contributed by atoms with Gasteiger partial charge in [0.05, 0.1) is 17.8 Å². The number of hydrogen-bond acceptors (Lipinski definition) is 5. The Morgan fingerprint density at radius 2 is 1.57 bits per heavy atom. The summed E-state index contributed by atoms with van der Waals surface area (Å²) < 4.78 is 7.24. The zero-order valence-corrected chi connectivity index (χ0v) is 22.4. The summed E-state index contributed by atoms with van der Waals surface area (Å²) in [4.78, 5) is 19.6. The van der Waals surface area contributed by atoms with Crippen molar-refractivity contribution in [3.05, 3.63) is 88.8 Å². The van der Waals surface area contributed by atoms with Crippen molar-refractivity contribution in [1.29, 1.82) is 0 Å². The Balaban J connectivity index is 0.000000207. The predicted octanol–water partition coefficient (Wildman–Crippen LogP) is 5.13.